The van der Waals surface area contributed by atoms with Gasteiger partial charge in [-0.1, -0.05) is 42.5 Å². The molecule has 5 rings (SSSR count). The monoisotopic (exact) mass is 295 g/mol. The quantitative estimate of drug-likeness (QED) is 0.815. The van der Waals surface area contributed by atoms with Crippen molar-refractivity contribution in [3.63, 3.8) is 0 Å². The molecule has 4 saturated carbocycles. The molecular weight excluding hydrogens is 266 g/mol. The van der Waals surface area contributed by atoms with Gasteiger partial charge < -0.3 is 5.32 Å². The lowest BCUT2D eigenvalue weighted by Gasteiger charge is -2.59. The van der Waals surface area contributed by atoms with Gasteiger partial charge in [0, 0.05) is 12.6 Å². The Hall–Kier alpha value is -1.08. The summed E-state index contributed by atoms with van der Waals surface area (Å²) in [6.07, 6.45) is 13.6. The average Bonchev–Trinajstić information content (AvgIpc) is 2.51. The van der Waals surface area contributed by atoms with Gasteiger partial charge in [0.1, 0.15) is 0 Å². The smallest absolute Gasteiger partial charge is 0.0140 e. The zero-order valence-electron chi connectivity index (χ0n) is 13.8. The molecule has 1 nitrogen and oxygen atoms in total. The molecule has 4 fully saturated rings. The van der Waals surface area contributed by atoms with Crippen molar-refractivity contribution in [3.05, 3.63) is 42.0 Å². The molecule has 0 amide bonds. The van der Waals surface area contributed by atoms with Gasteiger partial charge in [0.05, 0.1) is 0 Å². The van der Waals surface area contributed by atoms with Gasteiger partial charge in [0.2, 0.25) is 0 Å². The molecule has 0 radical (unpaired) electrons. The Morgan fingerprint density at radius 2 is 1.64 bits per heavy atom. The van der Waals surface area contributed by atoms with Crippen molar-refractivity contribution in [3.8, 4) is 0 Å². The Kier molecular flexibility index (Phi) is 3.86. The molecule has 1 heteroatoms. The lowest BCUT2D eigenvalue weighted by atomic mass is 9.48. The van der Waals surface area contributed by atoms with E-state index in [4.69, 9.17) is 0 Å². The van der Waals surface area contributed by atoms with E-state index in [0.29, 0.717) is 11.5 Å². The summed E-state index contributed by atoms with van der Waals surface area (Å²) >= 11 is 0. The van der Waals surface area contributed by atoms with E-state index >= 15 is 0 Å². The van der Waals surface area contributed by atoms with Gasteiger partial charge in [0.25, 0.3) is 0 Å². The van der Waals surface area contributed by atoms with Crippen LogP contribution < -0.4 is 5.32 Å². The number of hydrogen-bond donors (Lipinski definition) is 1. The van der Waals surface area contributed by atoms with Crippen LogP contribution in [0.1, 0.15) is 51.0 Å². The predicted molar refractivity (Wildman–Crippen MR) is 93.5 cm³/mol. The van der Waals surface area contributed by atoms with Crippen molar-refractivity contribution in [2.24, 2.45) is 23.2 Å². The van der Waals surface area contributed by atoms with E-state index in [-0.39, 0.29) is 0 Å². The first-order valence-corrected chi connectivity index (χ1v) is 9.18. The number of rotatable bonds is 5. The van der Waals surface area contributed by atoms with Crippen LogP contribution in [0.15, 0.2) is 36.4 Å². The Morgan fingerprint density at radius 3 is 2.23 bits per heavy atom. The van der Waals surface area contributed by atoms with Gasteiger partial charge in [0.15, 0.2) is 0 Å². The topological polar surface area (TPSA) is 12.0 Å². The Labute approximate surface area is 135 Å². The van der Waals surface area contributed by atoms with Crippen LogP contribution in [0.4, 0.5) is 0 Å². The van der Waals surface area contributed by atoms with Gasteiger partial charge in [-0.3, -0.25) is 0 Å². The zero-order valence-corrected chi connectivity index (χ0v) is 13.8. The highest BCUT2D eigenvalue weighted by Crippen LogP contribution is 2.61. The molecule has 1 unspecified atom stereocenters. The molecule has 4 aliphatic rings. The van der Waals surface area contributed by atoms with Crippen LogP contribution in [0, 0.1) is 23.2 Å². The summed E-state index contributed by atoms with van der Waals surface area (Å²) in [5, 5.41) is 3.82. The Balaban J connectivity index is 1.34. The summed E-state index contributed by atoms with van der Waals surface area (Å²) in [6.45, 7) is 3.45. The third kappa shape index (κ3) is 2.76. The summed E-state index contributed by atoms with van der Waals surface area (Å²) in [5.74, 6) is 3.15. The van der Waals surface area contributed by atoms with Crippen molar-refractivity contribution >= 4 is 6.08 Å². The van der Waals surface area contributed by atoms with E-state index in [0.717, 1.165) is 24.3 Å². The summed E-state index contributed by atoms with van der Waals surface area (Å²) < 4.78 is 0. The van der Waals surface area contributed by atoms with Crippen LogP contribution in [-0.2, 0) is 0 Å². The van der Waals surface area contributed by atoms with Gasteiger partial charge in [-0.15, -0.1) is 0 Å². The summed E-state index contributed by atoms with van der Waals surface area (Å²) in [6, 6.07) is 11.3. The number of hydrogen-bond acceptors (Lipinski definition) is 1. The maximum absolute atomic E-state index is 3.82. The standard InChI is InChI=1S/C21H29N/c1-16(22-9-5-8-17-6-3-2-4-7-17)21-13-18-10-19(14-21)12-20(11-18)15-21/h2-8,16,18-20,22H,9-15H2,1H3. The van der Waals surface area contributed by atoms with Crippen molar-refractivity contribution < 1.29 is 0 Å². The van der Waals surface area contributed by atoms with Gasteiger partial charge in [-0.2, -0.15) is 0 Å². The molecule has 0 aliphatic heterocycles. The van der Waals surface area contributed by atoms with Crippen molar-refractivity contribution in [1.29, 1.82) is 0 Å². The molecule has 4 aliphatic carbocycles. The van der Waals surface area contributed by atoms with Gasteiger partial charge in [-0.05, 0) is 74.2 Å². The zero-order chi connectivity index (χ0) is 15.0. The highest BCUT2D eigenvalue weighted by Gasteiger charge is 2.52. The first kappa shape index (κ1) is 14.5. The molecule has 118 valence electrons. The van der Waals surface area contributed by atoms with Crippen LogP contribution in [0.2, 0.25) is 0 Å². The summed E-state index contributed by atoms with van der Waals surface area (Å²) in [5.41, 5.74) is 1.92. The van der Waals surface area contributed by atoms with Crippen molar-refractivity contribution in [2.45, 2.75) is 51.5 Å². The Bertz CT molecular complexity index is 495. The molecular formula is C21H29N. The summed E-state index contributed by atoms with van der Waals surface area (Å²) in [4.78, 5) is 0. The molecule has 22 heavy (non-hydrogen) atoms. The molecule has 0 saturated heterocycles. The second kappa shape index (κ2) is 5.85. The minimum atomic E-state index is 0.620. The largest absolute Gasteiger partial charge is 0.310 e. The van der Waals surface area contributed by atoms with E-state index in [1.165, 1.54) is 24.8 Å². The second-order valence-corrected chi connectivity index (χ2v) is 8.22. The number of benzene rings is 1. The SMILES string of the molecule is CC(NCC=Cc1ccccc1)C12CC3CC(CC(C3)C1)C2. The van der Waals surface area contributed by atoms with E-state index in [9.17, 15) is 0 Å². The first-order chi connectivity index (χ1) is 10.7. The lowest BCUT2D eigenvalue weighted by molar-refractivity contribution is -0.0697. The van der Waals surface area contributed by atoms with E-state index < -0.39 is 0 Å². The molecule has 1 N–H and O–H groups in total. The van der Waals surface area contributed by atoms with Crippen molar-refractivity contribution in [2.75, 3.05) is 6.54 Å². The van der Waals surface area contributed by atoms with E-state index in [2.05, 4.69) is 54.7 Å². The van der Waals surface area contributed by atoms with Gasteiger partial charge >= 0.3 is 0 Å². The predicted octanol–water partition coefficient (Wildman–Crippen LogP) is 4.89. The highest BCUT2D eigenvalue weighted by atomic mass is 14.9. The van der Waals surface area contributed by atoms with Crippen LogP contribution in [-0.4, -0.2) is 12.6 Å². The highest BCUT2D eigenvalue weighted by molar-refractivity contribution is 5.48. The third-order valence-corrected chi connectivity index (χ3v) is 6.66. The fraction of sp³-hybridized carbons (Fsp3) is 0.619. The molecule has 0 heterocycles. The van der Waals surface area contributed by atoms with Crippen LogP contribution >= 0.6 is 0 Å². The third-order valence-electron chi connectivity index (χ3n) is 6.66. The van der Waals surface area contributed by atoms with E-state index in [1.54, 1.807) is 19.3 Å². The van der Waals surface area contributed by atoms with Crippen LogP contribution in [0.3, 0.4) is 0 Å². The molecule has 0 aromatic heterocycles. The Morgan fingerprint density at radius 1 is 1.05 bits per heavy atom. The lowest BCUT2D eigenvalue weighted by Crippen LogP contribution is -2.54. The minimum Gasteiger partial charge on any atom is -0.310 e. The van der Waals surface area contributed by atoms with Crippen LogP contribution in [0.25, 0.3) is 6.08 Å². The average molecular weight is 295 g/mol. The molecule has 0 spiro atoms. The number of nitrogens with one attached hydrogen (secondary N) is 1. The molecule has 4 bridgehead atoms. The first-order valence-electron chi connectivity index (χ1n) is 9.18. The summed E-state index contributed by atoms with van der Waals surface area (Å²) in [7, 11) is 0. The fourth-order valence-corrected chi connectivity index (χ4v) is 5.93. The second-order valence-electron chi connectivity index (χ2n) is 8.22. The maximum atomic E-state index is 3.82. The molecule has 1 atom stereocenters. The fourth-order valence-electron chi connectivity index (χ4n) is 5.93. The van der Waals surface area contributed by atoms with Crippen molar-refractivity contribution in [1.82, 2.24) is 5.32 Å². The normalized spacial score (nSPS) is 37.8. The van der Waals surface area contributed by atoms with Crippen LogP contribution in [0.5, 0.6) is 0 Å². The maximum Gasteiger partial charge on any atom is 0.0140 e. The van der Waals surface area contributed by atoms with Gasteiger partial charge in [-0.25, -0.2) is 0 Å². The molecule has 1 aromatic carbocycles. The minimum absolute atomic E-state index is 0.620. The van der Waals surface area contributed by atoms with E-state index in [1.807, 2.05) is 0 Å². The molecule has 1 aromatic rings.